The minimum atomic E-state index is 0.0153. The predicted molar refractivity (Wildman–Crippen MR) is 129 cm³/mol. The van der Waals surface area contributed by atoms with Crippen LogP contribution >= 0.6 is 0 Å². The van der Waals surface area contributed by atoms with E-state index in [0.29, 0.717) is 0 Å². The van der Waals surface area contributed by atoms with Crippen molar-refractivity contribution in [2.75, 3.05) is 13.2 Å². The molecule has 1 atom stereocenters. The van der Waals surface area contributed by atoms with Gasteiger partial charge in [-0.2, -0.15) is 0 Å². The first kappa shape index (κ1) is 24.5. The third-order valence-corrected chi connectivity index (χ3v) is 5.68. The quantitative estimate of drug-likeness (QED) is 0.257. The molecule has 0 saturated carbocycles. The molecule has 0 fully saturated rings. The summed E-state index contributed by atoms with van der Waals surface area (Å²) in [4.78, 5) is 0. The second kappa shape index (κ2) is 15.1. The molecular weight excluding hydrogens is 368 g/mol. The van der Waals surface area contributed by atoms with Crippen molar-refractivity contribution in [3.8, 4) is 16.9 Å². The Morgan fingerprint density at radius 2 is 1.33 bits per heavy atom. The van der Waals surface area contributed by atoms with Crippen LogP contribution in [0.3, 0.4) is 0 Å². The zero-order valence-corrected chi connectivity index (χ0v) is 19.5. The van der Waals surface area contributed by atoms with E-state index in [1.54, 1.807) is 0 Å². The lowest BCUT2D eigenvalue weighted by Gasteiger charge is -2.21. The van der Waals surface area contributed by atoms with Gasteiger partial charge in [-0.25, -0.2) is 0 Å². The highest BCUT2D eigenvalue weighted by Crippen LogP contribution is 2.37. The van der Waals surface area contributed by atoms with Gasteiger partial charge in [-0.15, -0.1) is 0 Å². The number of hydrogen-bond donors (Lipinski definition) is 0. The second-order valence-electron chi connectivity index (χ2n) is 8.27. The average Bonchev–Trinajstić information content (AvgIpc) is 2.78. The summed E-state index contributed by atoms with van der Waals surface area (Å²) in [5, 5.41) is 0. The van der Waals surface area contributed by atoms with Gasteiger partial charge in [-0.05, 0) is 37.0 Å². The molecule has 2 nitrogen and oxygen atoms in total. The first-order valence-corrected chi connectivity index (χ1v) is 12.2. The summed E-state index contributed by atoms with van der Waals surface area (Å²) in [6, 6.07) is 17.0. The fourth-order valence-electron chi connectivity index (χ4n) is 3.86. The maximum absolute atomic E-state index is 6.29. The largest absolute Gasteiger partial charge is 0.493 e. The van der Waals surface area contributed by atoms with Crippen LogP contribution in [-0.2, 0) is 4.74 Å². The van der Waals surface area contributed by atoms with Crippen LogP contribution in [0.5, 0.6) is 5.75 Å². The van der Waals surface area contributed by atoms with Crippen molar-refractivity contribution in [2.45, 2.75) is 91.1 Å². The molecule has 0 aliphatic heterocycles. The molecule has 2 aromatic carbocycles. The van der Waals surface area contributed by atoms with Crippen LogP contribution < -0.4 is 4.74 Å². The number of ether oxygens (including phenoxy) is 2. The molecule has 0 N–H and O–H groups in total. The molecule has 0 aliphatic rings. The minimum Gasteiger partial charge on any atom is -0.493 e. The van der Waals surface area contributed by atoms with E-state index in [-0.39, 0.29) is 6.10 Å². The van der Waals surface area contributed by atoms with Crippen molar-refractivity contribution in [3.05, 3.63) is 54.1 Å². The first-order valence-electron chi connectivity index (χ1n) is 12.2. The minimum absolute atomic E-state index is 0.0153. The highest BCUT2D eigenvalue weighted by Gasteiger charge is 2.18. The molecule has 0 amide bonds. The molecule has 0 saturated heterocycles. The van der Waals surface area contributed by atoms with Crippen LogP contribution in [0.4, 0.5) is 0 Å². The molecule has 0 radical (unpaired) electrons. The van der Waals surface area contributed by atoms with Crippen LogP contribution in [0.1, 0.15) is 96.6 Å². The van der Waals surface area contributed by atoms with Gasteiger partial charge in [0, 0.05) is 12.2 Å². The van der Waals surface area contributed by atoms with Crippen LogP contribution in [0.15, 0.2) is 48.5 Å². The Kier molecular flexibility index (Phi) is 12.3. The summed E-state index contributed by atoms with van der Waals surface area (Å²) in [5.74, 6) is 0.975. The lowest BCUT2D eigenvalue weighted by molar-refractivity contribution is 0.0618. The maximum atomic E-state index is 6.29. The molecule has 0 spiro atoms. The number of unbranched alkanes of at least 4 members (excludes halogenated alkanes) is 8. The monoisotopic (exact) mass is 410 g/mol. The molecule has 2 aromatic rings. The number of hydrogen-bond acceptors (Lipinski definition) is 2. The van der Waals surface area contributed by atoms with Gasteiger partial charge in [0.05, 0.1) is 12.7 Å². The summed E-state index contributed by atoms with van der Waals surface area (Å²) in [7, 11) is 0. The van der Waals surface area contributed by atoms with Crippen molar-refractivity contribution >= 4 is 0 Å². The summed E-state index contributed by atoms with van der Waals surface area (Å²) in [6.45, 7) is 8.19. The van der Waals surface area contributed by atoms with E-state index < -0.39 is 0 Å². The number of rotatable bonds is 16. The predicted octanol–water partition coefficient (Wildman–Crippen LogP) is 8.75. The van der Waals surface area contributed by atoms with E-state index in [1.165, 1.54) is 61.6 Å². The highest BCUT2D eigenvalue weighted by atomic mass is 16.5. The molecule has 30 heavy (non-hydrogen) atoms. The highest BCUT2D eigenvalue weighted by molar-refractivity contribution is 5.70. The summed E-state index contributed by atoms with van der Waals surface area (Å²) in [6.07, 6.45) is 12.8. The van der Waals surface area contributed by atoms with E-state index in [9.17, 15) is 0 Å². The van der Waals surface area contributed by atoms with Crippen LogP contribution in [-0.4, -0.2) is 13.2 Å². The van der Waals surface area contributed by atoms with Crippen LogP contribution in [0, 0.1) is 0 Å². The van der Waals surface area contributed by atoms with Gasteiger partial charge in [-0.1, -0.05) is 108 Å². The SMILES string of the molecule is CCCCCCCCCCOc1cccc(-c2ccccc2)c1C(C)OCCCC. The van der Waals surface area contributed by atoms with Crippen molar-refractivity contribution in [3.63, 3.8) is 0 Å². The molecular formula is C28H42O2. The van der Waals surface area contributed by atoms with Gasteiger partial charge < -0.3 is 9.47 Å². The summed E-state index contributed by atoms with van der Waals surface area (Å²) >= 11 is 0. The molecule has 0 aliphatic carbocycles. The Morgan fingerprint density at radius 1 is 0.667 bits per heavy atom. The third kappa shape index (κ3) is 8.52. The molecule has 2 rings (SSSR count). The first-order chi connectivity index (χ1) is 14.8. The Labute approximate surface area is 185 Å². The molecule has 166 valence electrons. The van der Waals surface area contributed by atoms with E-state index in [0.717, 1.165) is 38.2 Å². The van der Waals surface area contributed by atoms with Crippen molar-refractivity contribution in [1.29, 1.82) is 0 Å². The fourth-order valence-corrected chi connectivity index (χ4v) is 3.86. The Balaban J connectivity index is 1.98. The van der Waals surface area contributed by atoms with E-state index >= 15 is 0 Å². The van der Waals surface area contributed by atoms with Crippen molar-refractivity contribution in [1.82, 2.24) is 0 Å². The number of benzene rings is 2. The Hall–Kier alpha value is -1.80. The van der Waals surface area contributed by atoms with Gasteiger partial charge in [0.1, 0.15) is 5.75 Å². The van der Waals surface area contributed by atoms with Crippen molar-refractivity contribution < 1.29 is 9.47 Å². The van der Waals surface area contributed by atoms with E-state index in [4.69, 9.17) is 9.47 Å². The van der Waals surface area contributed by atoms with Gasteiger partial charge >= 0.3 is 0 Å². The molecule has 0 heterocycles. The van der Waals surface area contributed by atoms with Crippen molar-refractivity contribution in [2.24, 2.45) is 0 Å². The lowest BCUT2D eigenvalue weighted by atomic mass is 9.95. The lowest BCUT2D eigenvalue weighted by Crippen LogP contribution is -2.08. The average molecular weight is 411 g/mol. The molecule has 2 heteroatoms. The topological polar surface area (TPSA) is 18.5 Å². The van der Waals surface area contributed by atoms with Crippen LogP contribution in [0.2, 0.25) is 0 Å². The van der Waals surface area contributed by atoms with Gasteiger partial charge in [-0.3, -0.25) is 0 Å². The van der Waals surface area contributed by atoms with Crippen LogP contribution in [0.25, 0.3) is 11.1 Å². The van der Waals surface area contributed by atoms with Gasteiger partial charge in [0.2, 0.25) is 0 Å². The zero-order chi connectivity index (χ0) is 21.4. The van der Waals surface area contributed by atoms with Gasteiger partial charge in [0.15, 0.2) is 0 Å². The molecule has 0 bridgehead atoms. The van der Waals surface area contributed by atoms with E-state index in [1.807, 2.05) is 0 Å². The van der Waals surface area contributed by atoms with Gasteiger partial charge in [0.25, 0.3) is 0 Å². The fraction of sp³-hybridized carbons (Fsp3) is 0.571. The second-order valence-corrected chi connectivity index (χ2v) is 8.27. The molecule has 1 unspecified atom stereocenters. The smallest absolute Gasteiger partial charge is 0.125 e. The Morgan fingerprint density at radius 3 is 2.03 bits per heavy atom. The summed E-state index contributed by atoms with van der Waals surface area (Å²) in [5.41, 5.74) is 3.61. The Bertz CT molecular complexity index is 680. The standard InChI is InChI=1S/C28H42O2/c1-4-6-8-9-10-11-12-16-23-30-27-21-17-20-26(25-18-14-13-15-19-25)28(27)24(3)29-22-7-5-2/h13-15,17-21,24H,4-12,16,22-23H2,1-3H3. The molecule has 0 aromatic heterocycles. The zero-order valence-electron chi connectivity index (χ0n) is 19.5. The summed E-state index contributed by atoms with van der Waals surface area (Å²) < 4.78 is 12.5. The maximum Gasteiger partial charge on any atom is 0.125 e. The normalized spacial score (nSPS) is 12.1. The third-order valence-electron chi connectivity index (χ3n) is 5.68. The van der Waals surface area contributed by atoms with E-state index in [2.05, 4.69) is 69.3 Å².